The Hall–Kier alpha value is -1.27. The van der Waals surface area contributed by atoms with E-state index in [-0.39, 0.29) is 30.2 Å². The molecule has 7 heteroatoms. The largest absolute Gasteiger partial charge is 0.493 e. The highest BCUT2D eigenvalue weighted by Crippen LogP contribution is 2.35. The molecular weight excluding hydrogens is 375 g/mol. The molecule has 26 heavy (non-hydrogen) atoms. The van der Waals surface area contributed by atoms with Gasteiger partial charge in [-0.1, -0.05) is 25.4 Å². The van der Waals surface area contributed by atoms with Gasteiger partial charge in [-0.25, -0.2) is 4.98 Å². The van der Waals surface area contributed by atoms with Crippen LogP contribution in [0, 0.1) is 5.41 Å². The lowest BCUT2D eigenvalue weighted by Gasteiger charge is -2.34. The number of hydrogen-bond acceptors (Lipinski definition) is 4. The van der Waals surface area contributed by atoms with Crippen molar-refractivity contribution in [1.82, 2.24) is 9.55 Å². The fraction of sp³-hybridized carbons (Fsp3) is 0.526. The molecule has 0 amide bonds. The molecule has 3 unspecified atom stereocenters. The van der Waals surface area contributed by atoms with Crippen molar-refractivity contribution >= 4 is 24.0 Å². The molecule has 0 radical (unpaired) electrons. The van der Waals surface area contributed by atoms with E-state index >= 15 is 0 Å². The molecule has 5 nitrogen and oxygen atoms in total. The molecule has 1 aromatic carbocycles. The third kappa shape index (κ3) is 5.36. The van der Waals surface area contributed by atoms with Crippen LogP contribution in [0.1, 0.15) is 26.7 Å². The first-order chi connectivity index (χ1) is 12.1. The van der Waals surface area contributed by atoms with E-state index in [0.717, 1.165) is 25.1 Å². The summed E-state index contributed by atoms with van der Waals surface area (Å²) < 4.78 is 20.2. The average Bonchev–Trinajstić information content (AvgIpc) is 3.31. The van der Waals surface area contributed by atoms with Gasteiger partial charge < -0.3 is 18.8 Å². The predicted octanol–water partition coefficient (Wildman–Crippen LogP) is 4.59. The van der Waals surface area contributed by atoms with Crippen molar-refractivity contribution in [2.45, 2.75) is 45.6 Å². The van der Waals surface area contributed by atoms with E-state index in [0.29, 0.717) is 18.2 Å². The van der Waals surface area contributed by atoms with E-state index < -0.39 is 0 Å². The Labute approximate surface area is 166 Å². The lowest BCUT2D eigenvalue weighted by Crippen LogP contribution is -2.40. The Kier molecular flexibility index (Phi) is 7.77. The van der Waals surface area contributed by atoms with Crippen LogP contribution in [-0.2, 0) is 16.0 Å². The molecule has 0 bridgehead atoms. The first-order valence-electron chi connectivity index (χ1n) is 8.70. The number of benzene rings is 1. The quantitative estimate of drug-likeness (QED) is 0.649. The number of rotatable bonds is 8. The Morgan fingerprint density at radius 2 is 2.12 bits per heavy atom. The molecule has 0 N–H and O–H groups in total. The van der Waals surface area contributed by atoms with Crippen LogP contribution < -0.4 is 4.74 Å². The van der Waals surface area contributed by atoms with Crippen LogP contribution in [0.5, 0.6) is 5.75 Å². The van der Waals surface area contributed by atoms with Gasteiger partial charge in [-0.3, -0.25) is 0 Å². The molecule has 0 spiro atoms. The average molecular weight is 401 g/mol. The van der Waals surface area contributed by atoms with Crippen LogP contribution in [0.15, 0.2) is 43.0 Å². The predicted molar refractivity (Wildman–Crippen MR) is 104 cm³/mol. The molecular formula is C19H26Cl2N2O3. The topological polar surface area (TPSA) is 45.5 Å². The van der Waals surface area contributed by atoms with Crippen molar-refractivity contribution < 1.29 is 14.2 Å². The lowest BCUT2D eigenvalue weighted by molar-refractivity contribution is -0.152. The SMILES string of the molecule is CCC1COC(C(C)(CCn2ccnc2)COc2ccc(Cl)cc2)O1.Cl. The Balaban J connectivity index is 0.00000243. The molecule has 1 aliphatic rings. The molecule has 1 aliphatic heterocycles. The van der Waals surface area contributed by atoms with Gasteiger partial charge in [0.1, 0.15) is 5.75 Å². The molecule has 144 valence electrons. The van der Waals surface area contributed by atoms with Gasteiger partial charge in [0.05, 0.1) is 31.1 Å². The molecule has 3 rings (SSSR count). The van der Waals surface area contributed by atoms with Crippen molar-refractivity contribution in [3.05, 3.63) is 48.0 Å². The van der Waals surface area contributed by atoms with Crippen molar-refractivity contribution in [2.24, 2.45) is 5.41 Å². The zero-order valence-electron chi connectivity index (χ0n) is 15.1. The maximum Gasteiger partial charge on any atom is 0.166 e. The van der Waals surface area contributed by atoms with Crippen molar-refractivity contribution in [3.63, 3.8) is 0 Å². The molecule has 2 aromatic rings. The van der Waals surface area contributed by atoms with Crippen LogP contribution in [0.4, 0.5) is 0 Å². The second-order valence-electron chi connectivity index (χ2n) is 6.78. The van der Waals surface area contributed by atoms with E-state index in [1.807, 2.05) is 36.8 Å². The van der Waals surface area contributed by atoms with Gasteiger partial charge in [-0.2, -0.15) is 0 Å². The number of nitrogens with zero attached hydrogens (tertiary/aromatic N) is 2. The van der Waals surface area contributed by atoms with Crippen molar-refractivity contribution in [2.75, 3.05) is 13.2 Å². The molecule has 1 saturated heterocycles. The van der Waals surface area contributed by atoms with E-state index in [2.05, 4.69) is 23.4 Å². The summed E-state index contributed by atoms with van der Waals surface area (Å²) in [7, 11) is 0. The highest BCUT2D eigenvalue weighted by Gasteiger charge is 2.41. The van der Waals surface area contributed by atoms with E-state index in [1.54, 1.807) is 6.20 Å². The third-order valence-electron chi connectivity index (χ3n) is 4.66. The van der Waals surface area contributed by atoms with Crippen LogP contribution >= 0.6 is 24.0 Å². The van der Waals surface area contributed by atoms with Crippen molar-refractivity contribution in [3.8, 4) is 5.75 Å². The monoisotopic (exact) mass is 400 g/mol. The van der Waals surface area contributed by atoms with Gasteiger partial charge >= 0.3 is 0 Å². The lowest BCUT2D eigenvalue weighted by atomic mass is 9.86. The van der Waals surface area contributed by atoms with Gasteiger partial charge in [-0.15, -0.1) is 12.4 Å². The van der Waals surface area contributed by atoms with Gasteiger partial charge in [0.15, 0.2) is 6.29 Å². The maximum absolute atomic E-state index is 6.10. The Morgan fingerprint density at radius 1 is 1.35 bits per heavy atom. The summed E-state index contributed by atoms with van der Waals surface area (Å²) in [5, 5.41) is 0.698. The minimum Gasteiger partial charge on any atom is -0.493 e. The molecule has 2 heterocycles. The van der Waals surface area contributed by atoms with Crippen LogP contribution in [0.2, 0.25) is 5.02 Å². The number of halogens is 2. The summed E-state index contributed by atoms with van der Waals surface area (Å²) in [5.74, 6) is 0.795. The minimum absolute atomic E-state index is 0. The number of hydrogen-bond donors (Lipinski definition) is 0. The summed E-state index contributed by atoms with van der Waals surface area (Å²) in [6, 6.07) is 7.42. The van der Waals surface area contributed by atoms with Crippen LogP contribution in [0.3, 0.4) is 0 Å². The number of aromatic nitrogens is 2. The summed E-state index contributed by atoms with van der Waals surface area (Å²) in [4.78, 5) is 4.10. The minimum atomic E-state index is -0.270. The fourth-order valence-corrected chi connectivity index (χ4v) is 2.99. The highest BCUT2D eigenvalue weighted by molar-refractivity contribution is 6.30. The number of imidazole rings is 1. The normalized spacial score (nSPS) is 21.8. The fourth-order valence-electron chi connectivity index (χ4n) is 2.87. The van der Waals surface area contributed by atoms with E-state index in [1.165, 1.54) is 0 Å². The van der Waals surface area contributed by atoms with Crippen LogP contribution in [0.25, 0.3) is 0 Å². The highest BCUT2D eigenvalue weighted by atomic mass is 35.5. The standard InChI is InChI=1S/C19H25ClN2O3.ClH/c1-3-16-12-23-18(25-16)19(2,8-10-22-11-9-21-14-22)13-24-17-6-4-15(20)5-7-17;/h4-7,9,11,14,16,18H,3,8,10,12-13H2,1-2H3;1H. The number of ether oxygens (including phenoxy) is 3. The van der Waals surface area contributed by atoms with Crippen LogP contribution in [-0.4, -0.2) is 35.2 Å². The zero-order valence-corrected chi connectivity index (χ0v) is 16.7. The number of aryl methyl sites for hydroxylation is 1. The van der Waals surface area contributed by atoms with Gasteiger partial charge in [0, 0.05) is 24.0 Å². The molecule has 3 atom stereocenters. The van der Waals surface area contributed by atoms with E-state index in [4.69, 9.17) is 25.8 Å². The Bertz CT molecular complexity index is 651. The van der Waals surface area contributed by atoms with Gasteiger partial charge in [0.2, 0.25) is 0 Å². The molecule has 1 fully saturated rings. The molecule has 0 aliphatic carbocycles. The molecule has 0 saturated carbocycles. The van der Waals surface area contributed by atoms with E-state index in [9.17, 15) is 0 Å². The second-order valence-corrected chi connectivity index (χ2v) is 7.22. The summed E-state index contributed by atoms with van der Waals surface area (Å²) in [6.45, 7) is 6.25. The summed E-state index contributed by atoms with van der Waals surface area (Å²) in [6.07, 6.45) is 7.28. The first-order valence-corrected chi connectivity index (χ1v) is 9.08. The first kappa shape index (κ1) is 21.0. The van der Waals surface area contributed by atoms with Gasteiger partial charge in [-0.05, 0) is 37.1 Å². The second kappa shape index (κ2) is 9.60. The summed E-state index contributed by atoms with van der Waals surface area (Å²) in [5.41, 5.74) is -0.270. The smallest absolute Gasteiger partial charge is 0.166 e. The van der Waals surface area contributed by atoms with Gasteiger partial charge in [0.25, 0.3) is 0 Å². The zero-order chi connectivity index (χ0) is 17.7. The van der Waals surface area contributed by atoms with Crippen molar-refractivity contribution in [1.29, 1.82) is 0 Å². The maximum atomic E-state index is 6.10. The Morgan fingerprint density at radius 3 is 2.73 bits per heavy atom. The summed E-state index contributed by atoms with van der Waals surface area (Å²) >= 11 is 5.94. The molecule has 1 aromatic heterocycles. The third-order valence-corrected chi connectivity index (χ3v) is 4.91.